The predicted molar refractivity (Wildman–Crippen MR) is 103 cm³/mol. The zero-order valence-corrected chi connectivity index (χ0v) is 16.5. The second-order valence-corrected chi connectivity index (χ2v) is 8.48. The molecule has 1 saturated carbocycles. The molecule has 2 saturated heterocycles. The minimum Gasteiger partial charge on any atom is -0.431 e. The van der Waals surface area contributed by atoms with E-state index in [1.54, 1.807) is 6.20 Å². The van der Waals surface area contributed by atoms with Gasteiger partial charge in [0, 0.05) is 42.5 Å². The van der Waals surface area contributed by atoms with Crippen LogP contribution in [0.2, 0.25) is 0 Å². The van der Waals surface area contributed by atoms with Crippen molar-refractivity contribution in [3.05, 3.63) is 24.0 Å². The van der Waals surface area contributed by atoms with E-state index < -0.39 is 6.61 Å². The van der Waals surface area contributed by atoms with Crippen LogP contribution in [-0.4, -0.2) is 58.6 Å². The summed E-state index contributed by atoms with van der Waals surface area (Å²) in [5.41, 5.74) is 8.20. The van der Waals surface area contributed by atoms with Crippen molar-refractivity contribution in [3.8, 4) is 17.0 Å². The van der Waals surface area contributed by atoms with Gasteiger partial charge < -0.3 is 15.2 Å². The number of pyridine rings is 1. The number of rotatable bonds is 6. The van der Waals surface area contributed by atoms with E-state index in [4.69, 9.17) is 15.6 Å². The number of hydrogen-bond donors (Lipinski definition) is 1. The highest BCUT2D eigenvalue weighted by Crippen LogP contribution is 2.59. The molecule has 0 radical (unpaired) electrons. The number of aromatic nitrogens is 3. The fourth-order valence-electron chi connectivity index (χ4n) is 4.73. The fourth-order valence-corrected chi connectivity index (χ4v) is 4.73. The molecule has 2 aromatic rings. The maximum atomic E-state index is 12.6. The molecule has 3 fully saturated rings. The Kier molecular flexibility index (Phi) is 4.47. The zero-order chi connectivity index (χ0) is 20.3. The van der Waals surface area contributed by atoms with Crippen LogP contribution >= 0.6 is 0 Å². The molecule has 0 spiro atoms. The normalized spacial score (nSPS) is 26.8. The summed E-state index contributed by atoms with van der Waals surface area (Å²) < 4.78 is 37.1. The number of nitrogens with two attached hydrogens (primary N) is 1. The van der Waals surface area contributed by atoms with Crippen molar-refractivity contribution in [2.45, 2.75) is 38.5 Å². The van der Waals surface area contributed by atoms with E-state index in [2.05, 4.69) is 39.2 Å². The lowest BCUT2D eigenvalue weighted by Crippen LogP contribution is -2.48. The van der Waals surface area contributed by atoms with Crippen LogP contribution in [0.4, 0.5) is 14.6 Å². The molecule has 3 aliphatic rings. The second kappa shape index (κ2) is 6.91. The van der Waals surface area contributed by atoms with Gasteiger partial charge in [0.2, 0.25) is 0 Å². The average molecular weight is 405 g/mol. The summed E-state index contributed by atoms with van der Waals surface area (Å²) in [6, 6.07) is 4.34. The number of anilines is 1. The number of hydrogen-bond acceptors (Lipinski definition) is 6. The van der Waals surface area contributed by atoms with Crippen LogP contribution < -0.4 is 10.5 Å². The highest BCUT2D eigenvalue weighted by molar-refractivity contribution is 5.64. The van der Waals surface area contributed by atoms with Gasteiger partial charge in [-0.2, -0.15) is 13.9 Å². The summed E-state index contributed by atoms with van der Waals surface area (Å²) >= 11 is 0. The van der Waals surface area contributed by atoms with E-state index in [9.17, 15) is 8.78 Å². The van der Waals surface area contributed by atoms with Crippen LogP contribution in [0.3, 0.4) is 0 Å². The highest BCUT2D eigenvalue weighted by atomic mass is 19.3. The van der Waals surface area contributed by atoms with Gasteiger partial charge in [-0.15, -0.1) is 0 Å². The Morgan fingerprint density at radius 3 is 2.52 bits per heavy atom. The summed E-state index contributed by atoms with van der Waals surface area (Å²) in [7, 11) is 0. The molecule has 4 heterocycles. The van der Waals surface area contributed by atoms with Crippen molar-refractivity contribution in [1.29, 1.82) is 0 Å². The molecule has 0 aromatic carbocycles. The van der Waals surface area contributed by atoms with Crippen molar-refractivity contribution in [2.75, 3.05) is 32.0 Å². The first kappa shape index (κ1) is 18.7. The van der Waals surface area contributed by atoms with Gasteiger partial charge in [0.15, 0.2) is 11.6 Å². The summed E-state index contributed by atoms with van der Waals surface area (Å²) in [5, 5.41) is 4.76. The maximum absolute atomic E-state index is 12.6. The highest BCUT2D eigenvalue weighted by Gasteiger charge is 2.58. The monoisotopic (exact) mass is 405 g/mol. The van der Waals surface area contributed by atoms with E-state index in [1.165, 1.54) is 11.8 Å². The number of ether oxygens (including phenoxy) is 2. The van der Waals surface area contributed by atoms with E-state index in [0.29, 0.717) is 35.1 Å². The second-order valence-electron chi connectivity index (χ2n) is 8.48. The Balaban J connectivity index is 1.40. The molecule has 156 valence electrons. The molecule has 29 heavy (non-hydrogen) atoms. The largest absolute Gasteiger partial charge is 0.431 e. The van der Waals surface area contributed by atoms with Crippen molar-refractivity contribution in [2.24, 2.45) is 11.8 Å². The Morgan fingerprint density at radius 2 is 1.93 bits per heavy atom. The molecule has 7 nitrogen and oxygen atoms in total. The molecule has 2 N–H and O–H groups in total. The van der Waals surface area contributed by atoms with Crippen LogP contribution in [0.5, 0.6) is 5.75 Å². The van der Waals surface area contributed by atoms with E-state index in [0.717, 1.165) is 26.3 Å². The Morgan fingerprint density at radius 1 is 1.21 bits per heavy atom. The number of likely N-dealkylation sites (tertiary alicyclic amines) is 1. The van der Waals surface area contributed by atoms with Gasteiger partial charge in [0.25, 0.3) is 0 Å². The number of alkyl halides is 2. The van der Waals surface area contributed by atoms with Crippen molar-refractivity contribution in [1.82, 2.24) is 19.7 Å². The van der Waals surface area contributed by atoms with Crippen LogP contribution in [0.1, 0.15) is 31.5 Å². The first-order chi connectivity index (χ1) is 13.9. The third-order valence-corrected chi connectivity index (χ3v) is 6.35. The lowest BCUT2D eigenvalue weighted by molar-refractivity contribution is -0.0610. The number of nitrogen functional groups attached to an aromatic ring is 1. The average Bonchev–Trinajstić information content (AvgIpc) is 2.96. The summed E-state index contributed by atoms with van der Waals surface area (Å²) in [6.45, 7) is 5.17. The minimum absolute atomic E-state index is 0.0608. The fraction of sp³-hybridized carbons (Fsp3) is 0.600. The molecule has 2 aromatic heterocycles. The Bertz CT molecular complexity index is 902. The topological polar surface area (TPSA) is 78.4 Å². The van der Waals surface area contributed by atoms with Crippen LogP contribution in [-0.2, 0) is 4.74 Å². The maximum Gasteiger partial charge on any atom is 0.387 e. The lowest BCUT2D eigenvalue weighted by Gasteiger charge is -2.35. The predicted octanol–water partition coefficient (Wildman–Crippen LogP) is 2.75. The van der Waals surface area contributed by atoms with Crippen LogP contribution in [0.25, 0.3) is 11.3 Å². The molecule has 3 atom stereocenters. The van der Waals surface area contributed by atoms with Gasteiger partial charge in [-0.1, -0.05) is 0 Å². The van der Waals surface area contributed by atoms with Gasteiger partial charge in [0.1, 0.15) is 0 Å². The molecule has 2 aliphatic heterocycles. The van der Waals surface area contributed by atoms with E-state index in [-0.39, 0.29) is 17.6 Å². The molecule has 9 heteroatoms. The lowest BCUT2D eigenvalue weighted by atomic mass is 10.1. The quantitative estimate of drug-likeness (QED) is 0.796. The smallest absolute Gasteiger partial charge is 0.387 e. The first-order valence-corrected chi connectivity index (χ1v) is 10.0. The van der Waals surface area contributed by atoms with Gasteiger partial charge in [0.05, 0.1) is 24.9 Å². The molecule has 0 bridgehead atoms. The summed E-state index contributed by atoms with van der Waals surface area (Å²) in [5.74, 6) is 1.61. The van der Waals surface area contributed by atoms with Crippen molar-refractivity contribution < 1.29 is 18.3 Å². The molecule has 1 aliphatic carbocycles. The number of nitrogens with zero attached hydrogens (tertiary/aromatic N) is 4. The van der Waals surface area contributed by atoms with Gasteiger partial charge in [-0.3, -0.25) is 9.58 Å². The third kappa shape index (κ3) is 3.26. The van der Waals surface area contributed by atoms with Crippen LogP contribution in [0, 0.1) is 11.8 Å². The molecular formula is C20H25F2N5O2. The summed E-state index contributed by atoms with van der Waals surface area (Å²) in [6.07, 6.45) is 1.55. The minimum atomic E-state index is -2.95. The molecular weight excluding hydrogens is 380 g/mol. The van der Waals surface area contributed by atoms with Gasteiger partial charge >= 0.3 is 6.61 Å². The van der Waals surface area contributed by atoms with Crippen LogP contribution in [0.15, 0.2) is 18.3 Å². The third-order valence-electron chi connectivity index (χ3n) is 6.35. The van der Waals surface area contributed by atoms with Crippen molar-refractivity contribution in [3.63, 3.8) is 0 Å². The Hall–Kier alpha value is -2.26. The number of fused-ring (bicyclic) bond motifs is 1. The van der Waals surface area contributed by atoms with Gasteiger partial charge in [-0.05, 0) is 37.8 Å². The molecule has 0 amide bonds. The standard InChI is InChI=1S/C20H25F2N5O2/c1-10(2)27-16(18-13-6-26(7-14(13)18)12-8-28-9-12)4-15(25-27)11-3-17(29-20(21)22)19(23)24-5-11/h3-5,10,12-14,18,20H,6-9H2,1-2H3,(H2,23,24)/t13-,14+,18+. The zero-order valence-electron chi connectivity index (χ0n) is 16.5. The molecule has 0 unspecified atom stereocenters. The number of piperidine rings is 1. The first-order valence-electron chi connectivity index (χ1n) is 10.0. The van der Waals surface area contributed by atoms with Gasteiger partial charge in [-0.25, -0.2) is 4.98 Å². The van der Waals surface area contributed by atoms with Crippen molar-refractivity contribution >= 4 is 5.82 Å². The SMILES string of the molecule is CC(C)n1nc(-c2cnc(N)c(OC(F)F)c2)cc1[C@H]1[C@@H]2CN(C3COC3)C[C@@H]21. The number of halogens is 2. The summed E-state index contributed by atoms with van der Waals surface area (Å²) in [4.78, 5) is 6.55. The van der Waals surface area contributed by atoms with E-state index >= 15 is 0 Å². The van der Waals surface area contributed by atoms with E-state index in [1.807, 2.05) is 0 Å². The Labute approximate surface area is 167 Å². The molecule has 5 rings (SSSR count).